The first-order valence-corrected chi connectivity index (χ1v) is 13.0. The first-order chi connectivity index (χ1) is 17.5. The number of imidazole rings is 1. The molecule has 1 aromatic heterocycles. The van der Waals surface area contributed by atoms with E-state index in [4.69, 9.17) is 21.3 Å². The molecule has 4 aromatic rings. The largest absolute Gasteiger partial charge is 0.493 e. The van der Waals surface area contributed by atoms with E-state index in [1.54, 1.807) is 0 Å². The van der Waals surface area contributed by atoms with Crippen LogP contribution in [-0.4, -0.2) is 28.6 Å². The number of aromatic nitrogens is 2. The lowest BCUT2D eigenvalue weighted by Crippen LogP contribution is -2.26. The summed E-state index contributed by atoms with van der Waals surface area (Å²) in [6, 6.07) is 22.0. The minimum Gasteiger partial charge on any atom is -0.493 e. The average molecular weight is 504 g/mol. The Kier molecular flexibility index (Phi) is 9.01. The molecule has 0 saturated carbocycles. The molecule has 3 aromatic carbocycles. The molecule has 188 valence electrons. The quantitative estimate of drug-likeness (QED) is 0.226. The van der Waals surface area contributed by atoms with Gasteiger partial charge in [0.25, 0.3) is 0 Å². The predicted octanol–water partition coefficient (Wildman–Crippen LogP) is 6.46. The Morgan fingerprint density at radius 1 is 1.00 bits per heavy atom. The van der Waals surface area contributed by atoms with Crippen LogP contribution >= 0.6 is 11.6 Å². The van der Waals surface area contributed by atoms with Crippen molar-refractivity contribution in [2.24, 2.45) is 0 Å². The number of rotatable bonds is 12. The lowest BCUT2D eigenvalue weighted by atomic mass is 10.1. The zero-order valence-electron chi connectivity index (χ0n) is 21.1. The van der Waals surface area contributed by atoms with Gasteiger partial charge in [-0.3, -0.25) is 4.79 Å². The first kappa shape index (κ1) is 25.8. The first-order valence-electron chi connectivity index (χ1n) is 12.6. The topological polar surface area (TPSA) is 56.1 Å². The molecule has 6 heteroatoms. The van der Waals surface area contributed by atoms with Crippen LogP contribution in [0.1, 0.15) is 41.8 Å². The zero-order chi connectivity index (χ0) is 25.3. The fourth-order valence-corrected chi connectivity index (χ4v) is 4.43. The summed E-state index contributed by atoms with van der Waals surface area (Å²) in [5.41, 5.74) is 5.52. The van der Waals surface area contributed by atoms with Gasteiger partial charge in [0.15, 0.2) is 0 Å². The molecule has 0 aliphatic carbocycles. The Labute approximate surface area is 218 Å². The monoisotopic (exact) mass is 503 g/mol. The summed E-state index contributed by atoms with van der Waals surface area (Å²) < 4.78 is 8.36. The van der Waals surface area contributed by atoms with Crippen molar-refractivity contribution in [3.8, 4) is 5.75 Å². The van der Waals surface area contributed by atoms with Crippen LogP contribution in [0.3, 0.4) is 0 Å². The Bertz CT molecular complexity index is 1300. The van der Waals surface area contributed by atoms with Gasteiger partial charge in [-0.2, -0.15) is 0 Å². The van der Waals surface area contributed by atoms with Crippen molar-refractivity contribution in [1.29, 1.82) is 0 Å². The molecule has 0 radical (unpaired) electrons. The fraction of sp³-hybridized carbons (Fsp3) is 0.333. The van der Waals surface area contributed by atoms with Crippen LogP contribution in [0.25, 0.3) is 11.0 Å². The zero-order valence-corrected chi connectivity index (χ0v) is 21.9. The number of halogens is 1. The molecule has 0 atom stereocenters. The van der Waals surface area contributed by atoms with Crippen LogP contribution in [0.2, 0.25) is 5.02 Å². The highest BCUT2D eigenvalue weighted by molar-refractivity contribution is 6.30. The molecule has 0 aliphatic heterocycles. The van der Waals surface area contributed by atoms with Crippen LogP contribution in [0.4, 0.5) is 0 Å². The summed E-state index contributed by atoms with van der Waals surface area (Å²) in [6.07, 6.45) is 4.00. The van der Waals surface area contributed by atoms with Crippen molar-refractivity contribution in [1.82, 2.24) is 14.9 Å². The number of hydrogen-bond acceptors (Lipinski definition) is 3. The third-order valence-electron chi connectivity index (χ3n) is 6.29. The van der Waals surface area contributed by atoms with Gasteiger partial charge >= 0.3 is 0 Å². The summed E-state index contributed by atoms with van der Waals surface area (Å²) in [5, 5.41) is 3.70. The molecule has 1 amide bonds. The number of benzene rings is 3. The Morgan fingerprint density at radius 2 is 1.81 bits per heavy atom. The van der Waals surface area contributed by atoms with E-state index in [0.29, 0.717) is 24.6 Å². The number of ether oxygens (including phenoxy) is 1. The van der Waals surface area contributed by atoms with Crippen LogP contribution < -0.4 is 10.1 Å². The summed E-state index contributed by atoms with van der Waals surface area (Å²) in [7, 11) is 0. The number of nitrogens with one attached hydrogen (secondary N) is 1. The second-order valence-electron chi connectivity index (χ2n) is 9.25. The summed E-state index contributed by atoms with van der Waals surface area (Å²) >= 11 is 5.92. The molecule has 4 rings (SSSR count). The van der Waals surface area contributed by atoms with E-state index in [1.807, 2.05) is 30.3 Å². The fourth-order valence-electron chi connectivity index (χ4n) is 4.31. The van der Waals surface area contributed by atoms with Gasteiger partial charge in [0.1, 0.15) is 11.6 Å². The molecule has 0 spiro atoms. The van der Waals surface area contributed by atoms with Crippen molar-refractivity contribution in [3.63, 3.8) is 0 Å². The van der Waals surface area contributed by atoms with E-state index >= 15 is 0 Å². The minimum atomic E-state index is 0.0228. The SMILES string of the molecule is Cc1ccc(C)c(OCCCCn2c(CCCNC(=O)Cc3ccc(Cl)cc3)nc3ccccc32)c1. The van der Waals surface area contributed by atoms with Crippen LogP contribution in [-0.2, 0) is 24.2 Å². The lowest BCUT2D eigenvalue weighted by molar-refractivity contribution is -0.120. The Balaban J connectivity index is 1.26. The van der Waals surface area contributed by atoms with Crippen molar-refractivity contribution >= 4 is 28.5 Å². The predicted molar refractivity (Wildman–Crippen MR) is 147 cm³/mol. The van der Waals surface area contributed by atoms with Crippen LogP contribution in [0.15, 0.2) is 66.7 Å². The Morgan fingerprint density at radius 3 is 2.64 bits per heavy atom. The molecule has 1 heterocycles. The van der Waals surface area contributed by atoms with E-state index in [-0.39, 0.29) is 5.91 Å². The third-order valence-corrected chi connectivity index (χ3v) is 6.54. The second-order valence-corrected chi connectivity index (χ2v) is 9.69. The van der Waals surface area contributed by atoms with Gasteiger partial charge in [-0.15, -0.1) is 0 Å². The maximum atomic E-state index is 12.3. The number of aryl methyl sites for hydroxylation is 4. The van der Waals surface area contributed by atoms with Gasteiger partial charge in [-0.05, 0) is 80.1 Å². The van der Waals surface area contributed by atoms with Crippen LogP contribution in [0.5, 0.6) is 5.75 Å². The van der Waals surface area contributed by atoms with Crippen molar-refractivity contribution < 1.29 is 9.53 Å². The van der Waals surface area contributed by atoms with Crippen molar-refractivity contribution in [2.75, 3.05) is 13.2 Å². The van der Waals surface area contributed by atoms with E-state index in [1.165, 1.54) is 11.1 Å². The minimum absolute atomic E-state index is 0.0228. The number of unbranched alkanes of at least 4 members (excludes halogenated alkanes) is 1. The maximum Gasteiger partial charge on any atom is 0.224 e. The molecule has 0 fully saturated rings. The van der Waals surface area contributed by atoms with Gasteiger partial charge in [0.05, 0.1) is 24.1 Å². The summed E-state index contributed by atoms with van der Waals surface area (Å²) in [6.45, 7) is 6.39. The lowest BCUT2D eigenvalue weighted by Gasteiger charge is -2.12. The van der Waals surface area contributed by atoms with E-state index in [9.17, 15) is 4.79 Å². The highest BCUT2D eigenvalue weighted by atomic mass is 35.5. The van der Waals surface area contributed by atoms with Crippen LogP contribution in [0, 0.1) is 13.8 Å². The number of carbonyl (C=O) groups is 1. The molecular formula is C30H34ClN3O2. The molecule has 36 heavy (non-hydrogen) atoms. The van der Waals surface area contributed by atoms with Gasteiger partial charge in [-0.1, -0.05) is 48.0 Å². The van der Waals surface area contributed by atoms with E-state index in [2.05, 4.69) is 60.1 Å². The molecule has 0 aliphatic rings. The molecule has 0 unspecified atom stereocenters. The highest BCUT2D eigenvalue weighted by Gasteiger charge is 2.11. The molecule has 5 nitrogen and oxygen atoms in total. The molecule has 0 saturated heterocycles. The highest BCUT2D eigenvalue weighted by Crippen LogP contribution is 2.21. The van der Waals surface area contributed by atoms with Gasteiger partial charge in [0, 0.05) is 24.5 Å². The molecule has 0 bridgehead atoms. The van der Waals surface area contributed by atoms with Crippen molar-refractivity contribution in [3.05, 3.63) is 94.3 Å². The van der Waals surface area contributed by atoms with E-state index < -0.39 is 0 Å². The number of carbonyl (C=O) groups excluding carboxylic acids is 1. The maximum absolute atomic E-state index is 12.3. The summed E-state index contributed by atoms with van der Waals surface area (Å²) in [5.74, 6) is 2.06. The number of hydrogen-bond donors (Lipinski definition) is 1. The number of nitrogens with zero attached hydrogens (tertiary/aromatic N) is 2. The van der Waals surface area contributed by atoms with Gasteiger partial charge in [-0.25, -0.2) is 4.98 Å². The normalized spacial score (nSPS) is 11.1. The molecular weight excluding hydrogens is 470 g/mol. The summed E-state index contributed by atoms with van der Waals surface area (Å²) in [4.78, 5) is 17.2. The van der Waals surface area contributed by atoms with Gasteiger partial charge < -0.3 is 14.6 Å². The Hall–Kier alpha value is -3.31. The second kappa shape index (κ2) is 12.6. The van der Waals surface area contributed by atoms with E-state index in [0.717, 1.165) is 60.4 Å². The average Bonchev–Trinajstić information content (AvgIpc) is 3.22. The molecule has 1 N–H and O–H groups in total. The van der Waals surface area contributed by atoms with Gasteiger partial charge in [0.2, 0.25) is 5.91 Å². The number of amides is 1. The smallest absolute Gasteiger partial charge is 0.224 e. The van der Waals surface area contributed by atoms with Crippen molar-refractivity contribution in [2.45, 2.75) is 52.5 Å². The number of fused-ring (bicyclic) bond motifs is 1. The number of para-hydroxylation sites is 2. The third kappa shape index (κ3) is 7.11. The standard InChI is InChI=1S/C30H34ClN3O2/c1-22-11-12-23(2)28(20-22)36-19-6-5-18-34-27-9-4-3-8-26(27)33-29(34)10-7-17-32-30(35)21-24-13-15-25(31)16-14-24/h3-4,8-9,11-16,20H,5-7,10,17-19,21H2,1-2H3,(H,32,35).